The van der Waals surface area contributed by atoms with Gasteiger partial charge in [-0.15, -0.1) is 0 Å². The van der Waals surface area contributed by atoms with Crippen molar-refractivity contribution in [1.29, 1.82) is 0 Å². The zero-order valence-electron chi connectivity index (χ0n) is 9.02. The normalized spacial score (nSPS) is 33.5. The Labute approximate surface area is 80.9 Å². The van der Waals surface area contributed by atoms with E-state index in [2.05, 4.69) is 51.2 Å². The Morgan fingerprint density at radius 1 is 1.31 bits per heavy atom. The van der Waals surface area contributed by atoms with Crippen LogP contribution in [0.5, 0.6) is 0 Å². The second-order valence-electron chi connectivity index (χ2n) is 5.57. The van der Waals surface area contributed by atoms with Crippen LogP contribution in [0.3, 0.4) is 0 Å². The van der Waals surface area contributed by atoms with E-state index in [-0.39, 0.29) is 5.54 Å². The maximum Gasteiger partial charge on any atom is 0.0321 e. The van der Waals surface area contributed by atoms with E-state index in [0.29, 0.717) is 11.3 Å². The van der Waals surface area contributed by atoms with Crippen LogP contribution < -0.4 is 5.32 Å². The lowest BCUT2D eigenvalue weighted by Crippen LogP contribution is -2.30. The van der Waals surface area contributed by atoms with Gasteiger partial charge in [-0.05, 0) is 31.8 Å². The fourth-order valence-electron chi connectivity index (χ4n) is 2.49. The smallest absolute Gasteiger partial charge is 0.0321 e. The van der Waals surface area contributed by atoms with E-state index < -0.39 is 0 Å². The standard InChI is InChI=1S/C12H19N/c1-11(2)7-5-6-10-9(11)8-12(3,4)13-10/h5-7,9,13H,8H2,1-4H3/t9-/m1/s1. The Morgan fingerprint density at radius 3 is 2.62 bits per heavy atom. The lowest BCUT2D eigenvalue weighted by atomic mass is 9.72. The summed E-state index contributed by atoms with van der Waals surface area (Å²) >= 11 is 0. The largest absolute Gasteiger partial charge is 0.383 e. The monoisotopic (exact) mass is 177 g/mol. The van der Waals surface area contributed by atoms with Gasteiger partial charge in [0.15, 0.2) is 0 Å². The minimum Gasteiger partial charge on any atom is -0.383 e. The Morgan fingerprint density at radius 2 is 2.00 bits per heavy atom. The second-order valence-corrected chi connectivity index (χ2v) is 5.57. The summed E-state index contributed by atoms with van der Waals surface area (Å²) in [5.74, 6) is 0.687. The summed E-state index contributed by atoms with van der Waals surface area (Å²) < 4.78 is 0. The molecular formula is C12H19N. The predicted molar refractivity (Wildman–Crippen MR) is 56.3 cm³/mol. The molecule has 1 heteroatoms. The van der Waals surface area contributed by atoms with E-state index in [1.54, 1.807) is 0 Å². The highest BCUT2D eigenvalue weighted by molar-refractivity contribution is 5.30. The molecule has 0 unspecified atom stereocenters. The fraction of sp³-hybridized carbons (Fsp3) is 0.667. The van der Waals surface area contributed by atoms with E-state index in [4.69, 9.17) is 0 Å². The highest BCUT2D eigenvalue weighted by atomic mass is 15.0. The summed E-state index contributed by atoms with van der Waals surface area (Å²) in [4.78, 5) is 0. The van der Waals surface area contributed by atoms with Crippen molar-refractivity contribution in [3.63, 3.8) is 0 Å². The molecule has 0 aromatic carbocycles. The molecule has 0 amide bonds. The van der Waals surface area contributed by atoms with Crippen molar-refractivity contribution in [1.82, 2.24) is 5.32 Å². The molecule has 1 atom stereocenters. The first-order valence-electron chi connectivity index (χ1n) is 5.08. The van der Waals surface area contributed by atoms with E-state index in [1.807, 2.05) is 0 Å². The van der Waals surface area contributed by atoms with Gasteiger partial charge in [0.05, 0.1) is 0 Å². The van der Waals surface area contributed by atoms with Crippen LogP contribution in [-0.4, -0.2) is 5.54 Å². The molecule has 1 fully saturated rings. The number of hydrogen-bond donors (Lipinski definition) is 1. The summed E-state index contributed by atoms with van der Waals surface area (Å²) in [5.41, 5.74) is 2.03. The van der Waals surface area contributed by atoms with Gasteiger partial charge in [-0.3, -0.25) is 0 Å². The summed E-state index contributed by atoms with van der Waals surface area (Å²) in [5, 5.41) is 3.60. The van der Waals surface area contributed by atoms with Crippen LogP contribution in [0.15, 0.2) is 23.9 Å². The Bertz CT molecular complexity index is 281. The molecule has 1 nitrogen and oxygen atoms in total. The molecule has 1 saturated heterocycles. The van der Waals surface area contributed by atoms with Crippen molar-refractivity contribution in [2.45, 2.75) is 39.7 Å². The number of fused-ring (bicyclic) bond motifs is 1. The number of allylic oxidation sites excluding steroid dienone is 4. The van der Waals surface area contributed by atoms with Crippen LogP contribution in [0.4, 0.5) is 0 Å². The van der Waals surface area contributed by atoms with Gasteiger partial charge in [-0.2, -0.15) is 0 Å². The SMILES string of the molecule is CC1(C)C[C@@H]2C(=CC=CC2(C)C)N1. The number of hydrogen-bond acceptors (Lipinski definition) is 1. The lowest BCUT2D eigenvalue weighted by Gasteiger charge is -2.31. The van der Waals surface area contributed by atoms with Crippen LogP contribution in [0.25, 0.3) is 0 Å². The first kappa shape index (κ1) is 8.86. The Kier molecular flexibility index (Phi) is 1.64. The molecule has 0 radical (unpaired) electrons. The number of rotatable bonds is 0. The van der Waals surface area contributed by atoms with Crippen molar-refractivity contribution in [2.24, 2.45) is 11.3 Å². The molecule has 1 N–H and O–H groups in total. The van der Waals surface area contributed by atoms with Gasteiger partial charge in [0.1, 0.15) is 0 Å². The van der Waals surface area contributed by atoms with Gasteiger partial charge >= 0.3 is 0 Å². The minimum absolute atomic E-state index is 0.278. The predicted octanol–water partition coefficient (Wildman–Crippen LogP) is 2.85. The Hall–Kier alpha value is -0.720. The van der Waals surface area contributed by atoms with Crippen LogP contribution in [-0.2, 0) is 0 Å². The van der Waals surface area contributed by atoms with Gasteiger partial charge in [0.2, 0.25) is 0 Å². The van der Waals surface area contributed by atoms with Gasteiger partial charge < -0.3 is 5.32 Å². The lowest BCUT2D eigenvalue weighted by molar-refractivity contribution is 0.305. The molecule has 2 rings (SSSR count). The summed E-state index contributed by atoms with van der Waals surface area (Å²) in [7, 11) is 0. The summed E-state index contributed by atoms with van der Waals surface area (Å²) in [6, 6.07) is 0. The third-order valence-corrected chi connectivity index (χ3v) is 3.27. The quantitative estimate of drug-likeness (QED) is 0.600. The Balaban J connectivity index is 2.32. The molecule has 1 aliphatic carbocycles. The highest BCUT2D eigenvalue weighted by Crippen LogP contribution is 2.45. The summed E-state index contributed by atoms with van der Waals surface area (Å²) in [6.45, 7) is 9.21. The topological polar surface area (TPSA) is 12.0 Å². The molecule has 0 aromatic heterocycles. The van der Waals surface area contributed by atoms with Crippen molar-refractivity contribution >= 4 is 0 Å². The fourth-order valence-corrected chi connectivity index (χ4v) is 2.49. The second kappa shape index (κ2) is 2.40. The molecule has 1 aliphatic heterocycles. The van der Waals surface area contributed by atoms with Crippen LogP contribution in [0, 0.1) is 11.3 Å². The third kappa shape index (κ3) is 1.41. The first-order chi connectivity index (χ1) is 5.91. The third-order valence-electron chi connectivity index (χ3n) is 3.27. The van der Waals surface area contributed by atoms with Crippen molar-refractivity contribution < 1.29 is 0 Å². The van der Waals surface area contributed by atoms with Crippen LogP contribution >= 0.6 is 0 Å². The van der Waals surface area contributed by atoms with Gasteiger partial charge in [0.25, 0.3) is 0 Å². The minimum atomic E-state index is 0.278. The highest BCUT2D eigenvalue weighted by Gasteiger charge is 2.42. The van der Waals surface area contributed by atoms with Crippen molar-refractivity contribution in [3.8, 4) is 0 Å². The van der Waals surface area contributed by atoms with Crippen molar-refractivity contribution in [2.75, 3.05) is 0 Å². The molecular weight excluding hydrogens is 158 g/mol. The van der Waals surface area contributed by atoms with Crippen LogP contribution in [0.1, 0.15) is 34.1 Å². The van der Waals surface area contributed by atoms with E-state index in [1.165, 1.54) is 12.1 Å². The maximum atomic E-state index is 3.60. The summed E-state index contributed by atoms with van der Waals surface area (Å²) in [6.07, 6.45) is 7.98. The average Bonchev–Trinajstić information content (AvgIpc) is 2.25. The van der Waals surface area contributed by atoms with Crippen LogP contribution in [0.2, 0.25) is 0 Å². The molecule has 2 aliphatic rings. The number of nitrogens with one attached hydrogen (secondary N) is 1. The van der Waals surface area contributed by atoms with E-state index in [0.717, 1.165) is 0 Å². The zero-order chi connectivity index (χ0) is 9.69. The van der Waals surface area contributed by atoms with Gasteiger partial charge in [0, 0.05) is 17.2 Å². The van der Waals surface area contributed by atoms with Gasteiger partial charge in [-0.1, -0.05) is 26.0 Å². The maximum absolute atomic E-state index is 3.60. The van der Waals surface area contributed by atoms with Gasteiger partial charge in [-0.25, -0.2) is 0 Å². The molecule has 0 saturated carbocycles. The van der Waals surface area contributed by atoms with E-state index >= 15 is 0 Å². The molecule has 1 heterocycles. The first-order valence-corrected chi connectivity index (χ1v) is 5.08. The molecule has 0 aromatic rings. The average molecular weight is 177 g/mol. The zero-order valence-corrected chi connectivity index (χ0v) is 9.02. The molecule has 0 bridgehead atoms. The van der Waals surface area contributed by atoms with Crippen molar-refractivity contribution in [3.05, 3.63) is 23.9 Å². The molecule has 72 valence electrons. The van der Waals surface area contributed by atoms with E-state index in [9.17, 15) is 0 Å². The molecule has 13 heavy (non-hydrogen) atoms. The molecule has 0 spiro atoms.